The predicted octanol–water partition coefficient (Wildman–Crippen LogP) is 3.59. The molecule has 0 atom stereocenters. The molecule has 0 saturated carbocycles. The number of nitrogens with zero attached hydrogens (tertiary/aromatic N) is 2. The van der Waals surface area contributed by atoms with Crippen molar-refractivity contribution in [3.05, 3.63) is 60.3 Å². The molecule has 3 rings (SSSR count). The Kier molecular flexibility index (Phi) is 2.83. The fourth-order valence-electron chi connectivity index (χ4n) is 2.06. The number of hydrogen-bond acceptors (Lipinski definition) is 2. The smallest absolute Gasteiger partial charge is 0.123 e. The minimum Gasteiger partial charge on any atom is -0.285 e. The summed E-state index contributed by atoms with van der Waals surface area (Å²) >= 11 is 0. The largest absolute Gasteiger partial charge is 0.285 e. The number of aromatic amines is 1. The van der Waals surface area contributed by atoms with Gasteiger partial charge in [0.05, 0.1) is 11.9 Å². The fourth-order valence-corrected chi connectivity index (χ4v) is 2.06. The summed E-state index contributed by atoms with van der Waals surface area (Å²) in [6.07, 6.45) is 5.28. The number of hydrogen-bond donors (Lipinski definition) is 1. The maximum atomic E-state index is 13.4. The Bertz CT molecular complexity index is 705. The van der Waals surface area contributed by atoms with Crippen molar-refractivity contribution in [2.75, 3.05) is 0 Å². The molecule has 1 aromatic carbocycles. The number of H-pyrrole nitrogens is 1. The lowest BCUT2D eigenvalue weighted by molar-refractivity contribution is 0.628. The number of halogens is 1. The number of benzene rings is 1. The summed E-state index contributed by atoms with van der Waals surface area (Å²) in [5.74, 6) is -0.253. The molecular formula is C15H12FN3. The van der Waals surface area contributed by atoms with Gasteiger partial charge in [0.2, 0.25) is 0 Å². The number of aryl methyl sites for hydroxylation is 1. The van der Waals surface area contributed by atoms with Crippen LogP contribution in [0.5, 0.6) is 0 Å². The Morgan fingerprint density at radius 2 is 2.00 bits per heavy atom. The van der Waals surface area contributed by atoms with E-state index in [4.69, 9.17) is 0 Å². The van der Waals surface area contributed by atoms with E-state index in [9.17, 15) is 4.39 Å². The van der Waals surface area contributed by atoms with Gasteiger partial charge in [0.15, 0.2) is 0 Å². The second kappa shape index (κ2) is 4.65. The summed E-state index contributed by atoms with van der Waals surface area (Å²) in [6, 6.07) is 8.53. The van der Waals surface area contributed by atoms with Crippen LogP contribution < -0.4 is 0 Å². The van der Waals surface area contributed by atoms with Gasteiger partial charge in [0, 0.05) is 23.5 Å². The molecule has 0 bridgehead atoms. The van der Waals surface area contributed by atoms with E-state index in [0.717, 1.165) is 27.9 Å². The van der Waals surface area contributed by atoms with Crippen molar-refractivity contribution in [3.8, 4) is 22.4 Å². The first-order valence-electron chi connectivity index (χ1n) is 5.96. The Morgan fingerprint density at radius 1 is 1.11 bits per heavy atom. The van der Waals surface area contributed by atoms with Gasteiger partial charge >= 0.3 is 0 Å². The van der Waals surface area contributed by atoms with Crippen LogP contribution in [0.3, 0.4) is 0 Å². The Hall–Kier alpha value is -2.49. The molecule has 1 N–H and O–H groups in total. The van der Waals surface area contributed by atoms with Crippen molar-refractivity contribution in [3.63, 3.8) is 0 Å². The summed E-state index contributed by atoms with van der Waals surface area (Å²) in [7, 11) is 0. The van der Waals surface area contributed by atoms with E-state index in [1.165, 1.54) is 12.1 Å². The lowest BCUT2D eigenvalue weighted by Gasteiger charge is -2.08. The average molecular weight is 253 g/mol. The zero-order valence-corrected chi connectivity index (χ0v) is 10.4. The predicted molar refractivity (Wildman–Crippen MR) is 71.9 cm³/mol. The molecule has 0 radical (unpaired) electrons. The average Bonchev–Trinajstić information content (AvgIpc) is 2.92. The van der Waals surface area contributed by atoms with E-state index in [0.29, 0.717) is 0 Å². The first-order valence-corrected chi connectivity index (χ1v) is 5.96. The quantitative estimate of drug-likeness (QED) is 0.758. The summed E-state index contributed by atoms with van der Waals surface area (Å²) < 4.78 is 13.4. The van der Waals surface area contributed by atoms with E-state index < -0.39 is 0 Å². The maximum absolute atomic E-state index is 13.4. The summed E-state index contributed by atoms with van der Waals surface area (Å²) in [6.45, 7) is 1.97. The summed E-state index contributed by atoms with van der Waals surface area (Å²) in [5, 5.41) is 6.70. The van der Waals surface area contributed by atoms with Crippen LogP contribution in [0.15, 0.2) is 48.9 Å². The van der Waals surface area contributed by atoms with E-state index >= 15 is 0 Å². The van der Waals surface area contributed by atoms with E-state index in [2.05, 4.69) is 15.2 Å². The van der Waals surface area contributed by atoms with Crippen LogP contribution in [0, 0.1) is 12.7 Å². The molecular weight excluding hydrogens is 241 g/mol. The second-order valence-electron chi connectivity index (χ2n) is 4.41. The summed E-state index contributed by atoms with van der Waals surface area (Å²) in [4.78, 5) is 4.44. The Balaban J connectivity index is 2.22. The molecule has 0 unspecified atom stereocenters. The highest BCUT2D eigenvalue weighted by Crippen LogP contribution is 2.30. The van der Waals surface area contributed by atoms with Gasteiger partial charge in [-0.05, 0) is 36.2 Å². The maximum Gasteiger partial charge on any atom is 0.123 e. The molecule has 0 saturated heterocycles. The minimum atomic E-state index is -0.253. The molecule has 0 aliphatic heterocycles. The molecule has 4 heteroatoms. The molecule has 2 heterocycles. The van der Waals surface area contributed by atoms with Crippen LogP contribution in [0.25, 0.3) is 22.4 Å². The Labute approximate surface area is 110 Å². The van der Waals surface area contributed by atoms with E-state index in [-0.39, 0.29) is 5.82 Å². The van der Waals surface area contributed by atoms with Gasteiger partial charge in [-0.2, -0.15) is 5.10 Å². The molecule has 0 spiro atoms. The molecule has 0 fully saturated rings. The molecule has 3 nitrogen and oxygen atoms in total. The molecule has 3 aromatic rings. The van der Waals surface area contributed by atoms with Gasteiger partial charge in [-0.1, -0.05) is 12.1 Å². The SMILES string of the molecule is Cc1cnc(-c2cn[nH]c2)c(-c2cccc(F)c2)c1. The van der Waals surface area contributed by atoms with Crippen LogP contribution in [0.4, 0.5) is 4.39 Å². The standard InChI is InChI=1S/C15H12FN3/c1-10-5-14(11-3-2-4-13(16)6-11)15(17-7-10)12-8-18-19-9-12/h2-9H,1H3,(H,18,19). The van der Waals surface area contributed by atoms with Gasteiger partial charge in [0.1, 0.15) is 5.82 Å². The zero-order valence-electron chi connectivity index (χ0n) is 10.4. The topological polar surface area (TPSA) is 41.6 Å². The third kappa shape index (κ3) is 2.25. The van der Waals surface area contributed by atoms with Crippen molar-refractivity contribution in [1.29, 1.82) is 0 Å². The first kappa shape index (κ1) is 11.6. The lowest BCUT2D eigenvalue weighted by Crippen LogP contribution is -1.90. The molecule has 2 aromatic heterocycles. The second-order valence-corrected chi connectivity index (χ2v) is 4.41. The van der Waals surface area contributed by atoms with Crippen LogP contribution in [0.2, 0.25) is 0 Å². The van der Waals surface area contributed by atoms with Crippen molar-refractivity contribution >= 4 is 0 Å². The molecule has 0 aliphatic rings. The van der Waals surface area contributed by atoms with Gasteiger partial charge < -0.3 is 0 Å². The number of aromatic nitrogens is 3. The molecule has 19 heavy (non-hydrogen) atoms. The fraction of sp³-hybridized carbons (Fsp3) is 0.0667. The van der Waals surface area contributed by atoms with Gasteiger partial charge in [-0.3, -0.25) is 10.1 Å². The van der Waals surface area contributed by atoms with Crippen molar-refractivity contribution in [2.24, 2.45) is 0 Å². The van der Waals surface area contributed by atoms with Gasteiger partial charge in [-0.15, -0.1) is 0 Å². The number of nitrogens with one attached hydrogen (secondary N) is 1. The van der Waals surface area contributed by atoms with E-state index in [1.54, 1.807) is 24.7 Å². The van der Waals surface area contributed by atoms with Crippen LogP contribution in [-0.4, -0.2) is 15.2 Å². The number of pyridine rings is 1. The van der Waals surface area contributed by atoms with Crippen LogP contribution in [0.1, 0.15) is 5.56 Å². The first-order chi connectivity index (χ1) is 9.24. The van der Waals surface area contributed by atoms with Gasteiger partial charge in [-0.25, -0.2) is 4.39 Å². The van der Waals surface area contributed by atoms with Crippen molar-refractivity contribution in [2.45, 2.75) is 6.92 Å². The van der Waals surface area contributed by atoms with Crippen molar-refractivity contribution in [1.82, 2.24) is 15.2 Å². The normalized spacial score (nSPS) is 10.6. The van der Waals surface area contributed by atoms with Gasteiger partial charge in [0.25, 0.3) is 0 Å². The highest BCUT2D eigenvalue weighted by molar-refractivity contribution is 5.80. The third-order valence-electron chi connectivity index (χ3n) is 2.93. The number of rotatable bonds is 2. The highest BCUT2D eigenvalue weighted by Gasteiger charge is 2.10. The minimum absolute atomic E-state index is 0.253. The lowest BCUT2D eigenvalue weighted by atomic mass is 10.00. The summed E-state index contributed by atoms with van der Waals surface area (Å²) in [5.41, 5.74) is 4.43. The van der Waals surface area contributed by atoms with Crippen LogP contribution >= 0.6 is 0 Å². The third-order valence-corrected chi connectivity index (χ3v) is 2.93. The molecule has 0 aliphatic carbocycles. The molecule has 0 amide bonds. The van der Waals surface area contributed by atoms with E-state index in [1.807, 2.05) is 19.1 Å². The zero-order chi connectivity index (χ0) is 13.2. The van der Waals surface area contributed by atoms with Crippen molar-refractivity contribution < 1.29 is 4.39 Å². The van der Waals surface area contributed by atoms with Crippen LogP contribution in [-0.2, 0) is 0 Å². The Morgan fingerprint density at radius 3 is 2.74 bits per heavy atom. The monoisotopic (exact) mass is 253 g/mol. The highest BCUT2D eigenvalue weighted by atomic mass is 19.1. The molecule has 94 valence electrons.